The van der Waals surface area contributed by atoms with Gasteiger partial charge in [-0.2, -0.15) is 0 Å². The van der Waals surface area contributed by atoms with E-state index in [1.165, 1.54) is 32.1 Å². The zero-order chi connectivity index (χ0) is 14.5. The molecule has 4 heteroatoms. The number of nitrogens with one attached hydrogen (secondary N) is 1. The van der Waals surface area contributed by atoms with Crippen LogP contribution >= 0.6 is 11.6 Å². The van der Waals surface area contributed by atoms with Crippen LogP contribution in [-0.4, -0.2) is 24.1 Å². The van der Waals surface area contributed by atoms with Crippen LogP contribution in [0.5, 0.6) is 0 Å². The number of rotatable bonds is 5. The minimum Gasteiger partial charge on any atom is -0.355 e. The maximum absolute atomic E-state index is 6.43. The van der Waals surface area contributed by atoms with Gasteiger partial charge in [0.15, 0.2) is 0 Å². The summed E-state index contributed by atoms with van der Waals surface area (Å²) in [6.45, 7) is 5.10. The van der Waals surface area contributed by atoms with E-state index in [2.05, 4.69) is 36.1 Å². The summed E-state index contributed by atoms with van der Waals surface area (Å²) in [5.74, 6) is 0.923. The number of pyridine rings is 1. The Hall–Kier alpha value is -0.800. The van der Waals surface area contributed by atoms with Crippen molar-refractivity contribution in [1.82, 2.24) is 10.3 Å². The van der Waals surface area contributed by atoms with Crippen LogP contribution in [0.4, 0.5) is 5.82 Å². The second-order valence-corrected chi connectivity index (χ2v) is 6.49. The largest absolute Gasteiger partial charge is 0.355 e. The van der Waals surface area contributed by atoms with Crippen LogP contribution in [0.3, 0.4) is 0 Å². The van der Waals surface area contributed by atoms with Crippen molar-refractivity contribution in [1.29, 1.82) is 0 Å². The smallest absolute Gasteiger partial charge is 0.147 e. The molecule has 0 saturated heterocycles. The third-order valence-corrected chi connectivity index (χ3v) is 4.33. The molecule has 0 aliphatic heterocycles. The molecule has 0 unspecified atom stereocenters. The maximum atomic E-state index is 6.43. The van der Waals surface area contributed by atoms with Crippen molar-refractivity contribution in [2.45, 2.75) is 64.6 Å². The Balaban J connectivity index is 2.04. The zero-order valence-corrected chi connectivity index (χ0v) is 13.6. The molecule has 2 rings (SSSR count). The van der Waals surface area contributed by atoms with Crippen LogP contribution < -0.4 is 10.2 Å². The van der Waals surface area contributed by atoms with Gasteiger partial charge >= 0.3 is 0 Å². The molecule has 20 heavy (non-hydrogen) atoms. The second kappa shape index (κ2) is 7.28. The fourth-order valence-electron chi connectivity index (χ4n) is 2.79. The predicted molar refractivity (Wildman–Crippen MR) is 86.5 cm³/mol. The molecule has 3 nitrogen and oxygen atoms in total. The lowest BCUT2D eigenvalue weighted by molar-refractivity contribution is 0.426. The number of halogens is 1. The average Bonchev–Trinajstić information content (AvgIpc) is 2.45. The molecule has 1 heterocycles. The molecule has 1 saturated carbocycles. The molecular weight excluding hydrogens is 270 g/mol. The summed E-state index contributed by atoms with van der Waals surface area (Å²) >= 11 is 6.43. The Morgan fingerprint density at radius 1 is 1.35 bits per heavy atom. The van der Waals surface area contributed by atoms with Gasteiger partial charge in [-0.25, -0.2) is 4.98 Å². The van der Waals surface area contributed by atoms with Crippen LogP contribution in [0.1, 0.15) is 51.5 Å². The van der Waals surface area contributed by atoms with Crippen molar-refractivity contribution in [3.63, 3.8) is 0 Å². The summed E-state index contributed by atoms with van der Waals surface area (Å²) in [6, 6.07) is 3.10. The van der Waals surface area contributed by atoms with Crippen LogP contribution in [0, 0.1) is 0 Å². The lowest BCUT2D eigenvalue weighted by atomic mass is 9.94. The summed E-state index contributed by atoms with van der Waals surface area (Å²) in [6.07, 6.45) is 8.46. The SMILES string of the molecule is CC(C)NCc1cnc(N(C)C2CCCCC2)c(Cl)c1. The van der Waals surface area contributed by atoms with Gasteiger partial charge in [0.2, 0.25) is 0 Å². The van der Waals surface area contributed by atoms with E-state index in [1.54, 1.807) is 0 Å². The van der Waals surface area contributed by atoms with Gasteiger partial charge in [0.25, 0.3) is 0 Å². The number of hydrogen-bond acceptors (Lipinski definition) is 3. The van der Waals surface area contributed by atoms with E-state index in [-0.39, 0.29) is 0 Å². The highest BCUT2D eigenvalue weighted by Crippen LogP contribution is 2.29. The molecule has 0 bridgehead atoms. The van der Waals surface area contributed by atoms with E-state index in [1.807, 2.05) is 12.3 Å². The van der Waals surface area contributed by atoms with Crippen LogP contribution in [0.15, 0.2) is 12.3 Å². The first-order valence-corrected chi connectivity index (χ1v) is 8.06. The number of nitrogens with zero attached hydrogens (tertiary/aromatic N) is 2. The monoisotopic (exact) mass is 295 g/mol. The topological polar surface area (TPSA) is 28.2 Å². The molecule has 1 aliphatic carbocycles. The predicted octanol–water partition coefficient (Wildman–Crippen LogP) is 4.00. The maximum Gasteiger partial charge on any atom is 0.147 e. The Morgan fingerprint density at radius 3 is 2.65 bits per heavy atom. The molecule has 1 aromatic heterocycles. The first kappa shape index (κ1) is 15.6. The van der Waals surface area contributed by atoms with Crippen molar-refractivity contribution < 1.29 is 0 Å². The Kier molecular flexibility index (Phi) is 5.67. The molecule has 0 amide bonds. The van der Waals surface area contributed by atoms with E-state index in [4.69, 9.17) is 11.6 Å². The summed E-state index contributed by atoms with van der Waals surface area (Å²) < 4.78 is 0. The summed E-state index contributed by atoms with van der Waals surface area (Å²) in [5, 5.41) is 4.15. The third kappa shape index (κ3) is 4.10. The Labute approximate surface area is 127 Å². The molecule has 1 N–H and O–H groups in total. The standard InChI is InChI=1S/C16H26ClN3/c1-12(2)18-10-13-9-15(17)16(19-11-13)20(3)14-7-5-4-6-8-14/h9,11-12,14,18H,4-8,10H2,1-3H3. The molecule has 1 aromatic rings. The molecule has 0 aromatic carbocycles. The van der Waals surface area contributed by atoms with E-state index >= 15 is 0 Å². The van der Waals surface area contributed by atoms with Gasteiger partial charge in [-0.05, 0) is 24.5 Å². The average molecular weight is 296 g/mol. The fourth-order valence-corrected chi connectivity index (χ4v) is 3.11. The number of hydrogen-bond donors (Lipinski definition) is 1. The van der Waals surface area contributed by atoms with Crippen LogP contribution in [0.25, 0.3) is 0 Å². The number of anilines is 1. The van der Waals surface area contributed by atoms with Gasteiger partial charge < -0.3 is 10.2 Å². The quantitative estimate of drug-likeness (QED) is 0.890. The normalized spacial score (nSPS) is 16.6. The van der Waals surface area contributed by atoms with E-state index < -0.39 is 0 Å². The van der Waals surface area contributed by atoms with Gasteiger partial charge in [-0.15, -0.1) is 0 Å². The fraction of sp³-hybridized carbons (Fsp3) is 0.688. The van der Waals surface area contributed by atoms with E-state index in [0.29, 0.717) is 12.1 Å². The zero-order valence-electron chi connectivity index (χ0n) is 12.8. The number of aromatic nitrogens is 1. The van der Waals surface area contributed by atoms with Gasteiger partial charge in [0, 0.05) is 31.9 Å². The summed E-state index contributed by atoms with van der Waals surface area (Å²) in [5.41, 5.74) is 1.14. The van der Waals surface area contributed by atoms with Gasteiger partial charge in [0.1, 0.15) is 5.82 Å². The Bertz CT molecular complexity index is 428. The molecule has 1 aliphatic rings. The van der Waals surface area contributed by atoms with Crippen LogP contribution in [0.2, 0.25) is 5.02 Å². The minimum atomic E-state index is 0.471. The van der Waals surface area contributed by atoms with Crippen LogP contribution in [-0.2, 0) is 6.54 Å². The van der Waals surface area contributed by atoms with Crippen molar-refractivity contribution in [2.75, 3.05) is 11.9 Å². The molecule has 1 fully saturated rings. The molecular formula is C16H26ClN3. The highest BCUT2D eigenvalue weighted by Gasteiger charge is 2.20. The second-order valence-electron chi connectivity index (χ2n) is 6.09. The van der Waals surface area contributed by atoms with Crippen molar-refractivity contribution in [2.24, 2.45) is 0 Å². The Morgan fingerprint density at radius 2 is 2.05 bits per heavy atom. The first-order valence-electron chi connectivity index (χ1n) is 7.68. The molecule has 0 radical (unpaired) electrons. The van der Waals surface area contributed by atoms with Crippen molar-refractivity contribution in [3.8, 4) is 0 Å². The van der Waals surface area contributed by atoms with Gasteiger partial charge in [-0.3, -0.25) is 0 Å². The molecule has 112 valence electrons. The van der Waals surface area contributed by atoms with E-state index in [9.17, 15) is 0 Å². The highest BCUT2D eigenvalue weighted by atomic mass is 35.5. The van der Waals surface area contributed by atoms with Gasteiger partial charge in [0.05, 0.1) is 5.02 Å². The van der Waals surface area contributed by atoms with Crippen molar-refractivity contribution >= 4 is 17.4 Å². The summed E-state index contributed by atoms with van der Waals surface area (Å²) in [7, 11) is 2.12. The third-order valence-electron chi connectivity index (χ3n) is 4.05. The summed E-state index contributed by atoms with van der Waals surface area (Å²) in [4.78, 5) is 6.85. The lowest BCUT2D eigenvalue weighted by Crippen LogP contribution is -2.34. The molecule has 0 spiro atoms. The minimum absolute atomic E-state index is 0.471. The van der Waals surface area contributed by atoms with Crippen molar-refractivity contribution in [3.05, 3.63) is 22.8 Å². The lowest BCUT2D eigenvalue weighted by Gasteiger charge is -2.32. The molecule has 0 atom stereocenters. The first-order chi connectivity index (χ1) is 9.58. The highest BCUT2D eigenvalue weighted by molar-refractivity contribution is 6.33. The van der Waals surface area contributed by atoms with Gasteiger partial charge in [-0.1, -0.05) is 44.7 Å². The van der Waals surface area contributed by atoms with E-state index in [0.717, 1.165) is 22.9 Å².